The third-order valence-electron chi connectivity index (χ3n) is 5.79. The fraction of sp³-hybridized carbons (Fsp3) is 0.360. The number of anilines is 1. The van der Waals surface area contributed by atoms with Crippen molar-refractivity contribution in [2.45, 2.75) is 59.0 Å². The summed E-state index contributed by atoms with van der Waals surface area (Å²) in [6, 6.07) is 14.0. The van der Waals surface area contributed by atoms with Crippen LogP contribution in [-0.4, -0.2) is 22.0 Å². The molecule has 3 aromatic rings. The van der Waals surface area contributed by atoms with Gasteiger partial charge in [0.15, 0.2) is 0 Å². The van der Waals surface area contributed by atoms with E-state index in [1.807, 2.05) is 44.2 Å². The van der Waals surface area contributed by atoms with Crippen LogP contribution >= 0.6 is 0 Å². The van der Waals surface area contributed by atoms with Gasteiger partial charge in [0.25, 0.3) is 5.56 Å². The predicted octanol–water partition coefficient (Wildman–Crippen LogP) is 5.46. The van der Waals surface area contributed by atoms with Gasteiger partial charge in [0, 0.05) is 17.3 Å². The quantitative estimate of drug-likeness (QED) is 0.594. The van der Waals surface area contributed by atoms with Crippen LogP contribution < -0.4 is 10.9 Å². The Morgan fingerprint density at radius 1 is 1.13 bits per heavy atom. The Balaban J connectivity index is 1.57. The van der Waals surface area contributed by atoms with E-state index in [0.29, 0.717) is 18.0 Å². The second-order valence-corrected chi connectivity index (χ2v) is 8.74. The molecule has 1 aliphatic rings. The van der Waals surface area contributed by atoms with Gasteiger partial charge in [-0.2, -0.15) is 0 Å². The molecule has 5 nitrogen and oxygen atoms in total. The van der Waals surface area contributed by atoms with E-state index < -0.39 is 0 Å². The summed E-state index contributed by atoms with van der Waals surface area (Å²) in [6.45, 7) is 8.64. The van der Waals surface area contributed by atoms with Crippen molar-refractivity contribution in [2.75, 3.05) is 5.32 Å². The first kappa shape index (κ1) is 20.2. The fourth-order valence-corrected chi connectivity index (χ4v) is 3.93. The SMILES string of the molecule is Cc1cc(C)c2[nH]c(=O)c(CN(C(=O)Nc3ccc(C(C)C)cc3)C3CC3)cc2c1. The number of H-pyrrole nitrogens is 1. The summed E-state index contributed by atoms with van der Waals surface area (Å²) in [5.41, 5.74) is 5.56. The molecule has 2 N–H and O–H groups in total. The molecule has 0 aliphatic heterocycles. The van der Waals surface area contributed by atoms with E-state index in [4.69, 9.17) is 0 Å². The molecule has 2 amide bonds. The van der Waals surface area contributed by atoms with Gasteiger partial charge in [0.05, 0.1) is 12.1 Å². The Morgan fingerprint density at radius 2 is 1.83 bits per heavy atom. The summed E-state index contributed by atoms with van der Waals surface area (Å²) >= 11 is 0. The molecule has 2 aromatic carbocycles. The topological polar surface area (TPSA) is 65.2 Å². The van der Waals surface area contributed by atoms with Crippen molar-refractivity contribution in [2.24, 2.45) is 0 Å². The summed E-state index contributed by atoms with van der Waals surface area (Å²) in [5.74, 6) is 0.449. The first-order valence-electron chi connectivity index (χ1n) is 10.6. The Morgan fingerprint density at radius 3 is 2.47 bits per heavy atom. The number of carbonyl (C=O) groups is 1. The number of nitrogens with zero attached hydrogens (tertiary/aromatic N) is 1. The molecule has 1 saturated carbocycles. The van der Waals surface area contributed by atoms with E-state index in [0.717, 1.165) is 40.6 Å². The van der Waals surface area contributed by atoms with Crippen LogP contribution in [0.4, 0.5) is 10.5 Å². The van der Waals surface area contributed by atoms with Crippen LogP contribution in [0.15, 0.2) is 47.3 Å². The molecule has 30 heavy (non-hydrogen) atoms. The summed E-state index contributed by atoms with van der Waals surface area (Å²) in [4.78, 5) is 30.5. The minimum absolute atomic E-state index is 0.130. The number of amides is 2. The summed E-state index contributed by atoms with van der Waals surface area (Å²) in [5, 5.41) is 4.00. The van der Waals surface area contributed by atoms with Gasteiger partial charge < -0.3 is 15.2 Å². The van der Waals surface area contributed by atoms with E-state index in [2.05, 4.69) is 36.3 Å². The third-order valence-corrected chi connectivity index (χ3v) is 5.79. The van der Waals surface area contributed by atoms with Crippen LogP contribution in [0.3, 0.4) is 0 Å². The van der Waals surface area contributed by atoms with Gasteiger partial charge in [0.1, 0.15) is 0 Å². The molecule has 156 valence electrons. The van der Waals surface area contributed by atoms with Crippen LogP contribution in [-0.2, 0) is 6.54 Å². The highest BCUT2D eigenvalue weighted by Gasteiger charge is 2.33. The van der Waals surface area contributed by atoms with Crippen LogP contribution in [0.2, 0.25) is 0 Å². The van der Waals surface area contributed by atoms with Gasteiger partial charge in [-0.3, -0.25) is 4.79 Å². The lowest BCUT2D eigenvalue weighted by Crippen LogP contribution is -2.37. The zero-order chi connectivity index (χ0) is 21.4. The van der Waals surface area contributed by atoms with Gasteiger partial charge in [-0.1, -0.05) is 37.6 Å². The van der Waals surface area contributed by atoms with E-state index in [1.165, 1.54) is 5.56 Å². The highest BCUT2D eigenvalue weighted by Crippen LogP contribution is 2.29. The predicted molar refractivity (Wildman–Crippen MR) is 122 cm³/mol. The van der Waals surface area contributed by atoms with Gasteiger partial charge in [-0.25, -0.2) is 4.79 Å². The molecule has 0 radical (unpaired) electrons. The van der Waals surface area contributed by atoms with Crippen LogP contribution in [0.5, 0.6) is 0 Å². The molecule has 0 spiro atoms. The van der Waals surface area contributed by atoms with E-state index >= 15 is 0 Å². The maximum Gasteiger partial charge on any atom is 0.322 e. The molecule has 1 aliphatic carbocycles. The molecule has 0 atom stereocenters. The number of pyridine rings is 1. The van der Waals surface area contributed by atoms with Crippen molar-refractivity contribution in [1.29, 1.82) is 0 Å². The molecule has 0 saturated heterocycles. The molecular weight excluding hydrogens is 374 g/mol. The summed E-state index contributed by atoms with van der Waals surface area (Å²) in [6.07, 6.45) is 1.95. The standard InChI is InChI=1S/C25H29N3O2/c1-15(2)18-5-7-21(8-6-18)26-25(30)28(22-9-10-22)14-20-13-19-12-16(3)11-17(4)23(19)27-24(20)29/h5-8,11-13,15,22H,9-10,14H2,1-4H3,(H,26,30)(H,27,29). The highest BCUT2D eigenvalue weighted by atomic mass is 16.2. The first-order chi connectivity index (χ1) is 14.3. The Bertz CT molecular complexity index is 1140. The number of nitrogens with one attached hydrogen (secondary N) is 2. The Hall–Kier alpha value is -3.08. The van der Waals surface area contributed by atoms with Gasteiger partial charge in [-0.05, 0) is 73.4 Å². The number of urea groups is 1. The third kappa shape index (κ3) is 4.25. The summed E-state index contributed by atoms with van der Waals surface area (Å²) < 4.78 is 0. The molecule has 4 rings (SSSR count). The number of fused-ring (bicyclic) bond motifs is 1. The average Bonchev–Trinajstić information content (AvgIpc) is 3.52. The number of aromatic amines is 1. The van der Waals surface area contributed by atoms with Crippen LogP contribution in [0.25, 0.3) is 10.9 Å². The molecular formula is C25H29N3O2. The van der Waals surface area contributed by atoms with Crippen molar-refractivity contribution >= 4 is 22.6 Å². The first-order valence-corrected chi connectivity index (χ1v) is 10.6. The minimum Gasteiger partial charge on any atom is -0.321 e. The lowest BCUT2D eigenvalue weighted by atomic mass is 10.0. The van der Waals surface area contributed by atoms with Crippen molar-refractivity contribution in [3.63, 3.8) is 0 Å². The number of benzene rings is 2. The van der Waals surface area contributed by atoms with Crippen LogP contribution in [0, 0.1) is 13.8 Å². The maximum atomic E-state index is 13.0. The van der Waals surface area contributed by atoms with E-state index in [-0.39, 0.29) is 17.6 Å². The number of hydrogen-bond donors (Lipinski definition) is 2. The normalized spacial score (nSPS) is 13.6. The fourth-order valence-electron chi connectivity index (χ4n) is 3.93. The lowest BCUT2D eigenvalue weighted by Gasteiger charge is -2.23. The largest absolute Gasteiger partial charge is 0.322 e. The minimum atomic E-state index is -0.158. The van der Waals surface area contributed by atoms with Crippen molar-refractivity contribution < 1.29 is 4.79 Å². The van der Waals surface area contributed by atoms with Crippen LogP contribution in [0.1, 0.15) is 54.9 Å². The van der Waals surface area contributed by atoms with Gasteiger partial charge >= 0.3 is 6.03 Å². The zero-order valence-corrected chi connectivity index (χ0v) is 18.1. The zero-order valence-electron chi connectivity index (χ0n) is 18.1. The van der Waals surface area contributed by atoms with Crippen molar-refractivity contribution in [3.05, 3.63) is 75.1 Å². The highest BCUT2D eigenvalue weighted by molar-refractivity contribution is 5.90. The molecule has 5 heteroatoms. The average molecular weight is 404 g/mol. The Labute approximate surface area is 177 Å². The monoisotopic (exact) mass is 403 g/mol. The summed E-state index contributed by atoms with van der Waals surface area (Å²) in [7, 11) is 0. The number of aryl methyl sites for hydroxylation is 2. The van der Waals surface area contributed by atoms with Gasteiger partial charge in [0.2, 0.25) is 0 Å². The Kier molecular flexibility index (Phi) is 5.37. The van der Waals surface area contributed by atoms with Crippen molar-refractivity contribution in [1.82, 2.24) is 9.88 Å². The molecule has 1 heterocycles. The van der Waals surface area contributed by atoms with Gasteiger partial charge in [-0.15, -0.1) is 0 Å². The number of rotatable bonds is 5. The second kappa shape index (κ2) is 7.98. The number of aromatic nitrogens is 1. The number of hydrogen-bond acceptors (Lipinski definition) is 2. The second-order valence-electron chi connectivity index (χ2n) is 8.74. The molecule has 1 aromatic heterocycles. The molecule has 0 bridgehead atoms. The van der Waals surface area contributed by atoms with Crippen molar-refractivity contribution in [3.8, 4) is 0 Å². The molecule has 1 fully saturated rings. The lowest BCUT2D eigenvalue weighted by molar-refractivity contribution is 0.206. The van der Waals surface area contributed by atoms with E-state index in [9.17, 15) is 9.59 Å². The smallest absolute Gasteiger partial charge is 0.321 e. The number of carbonyl (C=O) groups excluding carboxylic acids is 1. The maximum absolute atomic E-state index is 13.0. The van der Waals surface area contributed by atoms with E-state index in [1.54, 1.807) is 4.90 Å². The molecule has 0 unspecified atom stereocenters.